The summed E-state index contributed by atoms with van der Waals surface area (Å²) in [6, 6.07) is 10.9. The van der Waals surface area contributed by atoms with Crippen LogP contribution in [0.4, 0.5) is 0 Å². The third kappa shape index (κ3) is 3.78. The molecule has 1 aliphatic heterocycles. The molecule has 2 aromatic carbocycles. The molecule has 0 saturated carbocycles. The Bertz CT molecular complexity index is 826. The Balaban J connectivity index is 1.94. The summed E-state index contributed by atoms with van der Waals surface area (Å²) >= 11 is 1.71. The van der Waals surface area contributed by atoms with E-state index in [1.807, 2.05) is 23.1 Å². The van der Waals surface area contributed by atoms with E-state index in [9.17, 15) is 4.79 Å². The minimum Gasteiger partial charge on any atom is -0.497 e. The van der Waals surface area contributed by atoms with Crippen LogP contribution in [0.3, 0.4) is 0 Å². The monoisotopic (exact) mass is 389 g/mol. The van der Waals surface area contributed by atoms with Gasteiger partial charge in [0.15, 0.2) is 0 Å². The Morgan fingerprint density at radius 2 is 1.56 bits per heavy atom. The molecule has 1 amide bonds. The van der Waals surface area contributed by atoms with Crippen molar-refractivity contribution in [3.8, 4) is 23.0 Å². The SMILES string of the molecule is COc1ccc(C(=O)N2CCS[C@@H]2c2ccc(OC)cc2OC)c(OC)c1. The molecule has 0 aliphatic carbocycles. The van der Waals surface area contributed by atoms with Crippen molar-refractivity contribution in [1.82, 2.24) is 4.90 Å². The summed E-state index contributed by atoms with van der Waals surface area (Å²) in [6.45, 7) is 0.651. The van der Waals surface area contributed by atoms with Crippen LogP contribution in [0.25, 0.3) is 0 Å². The molecule has 7 heteroatoms. The summed E-state index contributed by atoms with van der Waals surface area (Å²) in [7, 11) is 6.37. The zero-order valence-electron chi connectivity index (χ0n) is 15.9. The van der Waals surface area contributed by atoms with Gasteiger partial charge < -0.3 is 23.8 Å². The van der Waals surface area contributed by atoms with Crippen LogP contribution in [0.2, 0.25) is 0 Å². The highest BCUT2D eigenvalue weighted by Crippen LogP contribution is 2.44. The van der Waals surface area contributed by atoms with Gasteiger partial charge >= 0.3 is 0 Å². The van der Waals surface area contributed by atoms with Crippen LogP contribution in [-0.4, -0.2) is 51.5 Å². The fraction of sp³-hybridized carbons (Fsp3) is 0.350. The summed E-state index contributed by atoms with van der Waals surface area (Å²) in [5.74, 6) is 3.33. The Morgan fingerprint density at radius 1 is 0.926 bits per heavy atom. The third-order valence-electron chi connectivity index (χ3n) is 4.50. The lowest BCUT2D eigenvalue weighted by Gasteiger charge is -2.26. The molecule has 0 aromatic heterocycles. The normalized spacial score (nSPS) is 16.1. The van der Waals surface area contributed by atoms with Crippen LogP contribution in [0, 0.1) is 0 Å². The van der Waals surface area contributed by atoms with Crippen LogP contribution in [0.15, 0.2) is 36.4 Å². The maximum absolute atomic E-state index is 13.3. The van der Waals surface area contributed by atoms with Crippen LogP contribution in [-0.2, 0) is 0 Å². The molecule has 0 bridgehead atoms. The molecule has 1 atom stereocenters. The second kappa shape index (κ2) is 8.43. The molecule has 0 N–H and O–H groups in total. The van der Waals surface area contributed by atoms with Crippen molar-refractivity contribution >= 4 is 17.7 Å². The first-order valence-electron chi connectivity index (χ1n) is 8.49. The fourth-order valence-electron chi connectivity index (χ4n) is 3.09. The standard InChI is InChI=1S/C20H23NO5S/c1-23-13-5-7-15(17(11-13)25-3)19(22)21-9-10-27-20(21)16-8-6-14(24-2)12-18(16)26-4/h5-8,11-12,20H,9-10H2,1-4H3/t20-/m1/s1. The molecule has 1 aliphatic rings. The molecular weight excluding hydrogens is 366 g/mol. The van der Waals surface area contributed by atoms with Gasteiger partial charge in [-0.05, 0) is 24.3 Å². The van der Waals surface area contributed by atoms with Crippen molar-refractivity contribution in [2.75, 3.05) is 40.7 Å². The number of nitrogens with zero attached hydrogens (tertiary/aromatic N) is 1. The zero-order valence-corrected chi connectivity index (χ0v) is 16.7. The van der Waals surface area contributed by atoms with Gasteiger partial charge in [0.05, 0.1) is 34.0 Å². The van der Waals surface area contributed by atoms with Crippen molar-refractivity contribution in [3.63, 3.8) is 0 Å². The van der Waals surface area contributed by atoms with Gasteiger partial charge in [-0.15, -0.1) is 11.8 Å². The Hall–Kier alpha value is -2.54. The van der Waals surface area contributed by atoms with Gasteiger partial charge in [-0.3, -0.25) is 4.79 Å². The van der Waals surface area contributed by atoms with Crippen molar-refractivity contribution in [2.24, 2.45) is 0 Å². The maximum atomic E-state index is 13.3. The smallest absolute Gasteiger partial charge is 0.258 e. The average Bonchev–Trinajstić information content (AvgIpc) is 3.21. The number of rotatable bonds is 6. The molecule has 2 aromatic rings. The predicted octanol–water partition coefficient (Wildman–Crippen LogP) is 3.61. The van der Waals surface area contributed by atoms with E-state index in [0.29, 0.717) is 35.1 Å². The number of methoxy groups -OCH3 is 4. The zero-order chi connectivity index (χ0) is 19.4. The summed E-state index contributed by atoms with van der Waals surface area (Å²) in [5.41, 5.74) is 1.46. The molecule has 0 radical (unpaired) electrons. The molecule has 0 unspecified atom stereocenters. The fourth-order valence-corrected chi connectivity index (χ4v) is 4.37. The Labute approximate surface area is 163 Å². The van der Waals surface area contributed by atoms with Crippen molar-refractivity contribution in [3.05, 3.63) is 47.5 Å². The van der Waals surface area contributed by atoms with Gasteiger partial charge in [0.1, 0.15) is 28.4 Å². The Morgan fingerprint density at radius 3 is 2.19 bits per heavy atom. The minimum atomic E-state index is -0.134. The number of carbonyl (C=O) groups is 1. The van der Waals surface area contributed by atoms with E-state index in [4.69, 9.17) is 18.9 Å². The first-order chi connectivity index (χ1) is 13.1. The van der Waals surface area contributed by atoms with Gasteiger partial charge in [-0.25, -0.2) is 0 Å². The first kappa shape index (κ1) is 19.2. The van der Waals surface area contributed by atoms with Crippen molar-refractivity contribution in [1.29, 1.82) is 0 Å². The van der Waals surface area contributed by atoms with E-state index in [2.05, 4.69) is 0 Å². The molecule has 144 valence electrons. The van der Waals surface area contributed by atoms with Gasteiger partial charge in [0.2, 0.25) is 0 Å². The molecule has 6 nitrogen and oxygen atoms in total. The molecule has 27 heavy (non-hydrogen) atoms. The van der Waals surface area contributed by atoms with E-state index in [1.165, 1.54) is 0 Å². The lowest BCUT2D eigenvalue weighted by molar-refractivity contribution is 0.0756. The van der Waals surface area contributed by atoms with Gasteiger partial charge in [0.25, 0.3) is 5.91 Å². The van der Waals surface area contributed by atoms with E-state index in [-0.39, 0.29) is 11.3 Å². The predicted molar refractivity (Wildman–Crippen MR) is 105 cm³/mol. The lowest BCUT2D eigenvalue weighted by atomic mass is 10.1. The molecule has 3 rings (SSSR count). The summed E-state index contributed by atoms with van der Waals surface area (Å²) < 4.78 is 21.4. The number of thioether (sulfide) groups is 1. The highest BCUT2D eigenvalue weighted by Gasteiger charge is 2.34. The van der Waals surface area contributed by atoms with E-state index in [1.54, 1.807) is 58.4 Å². The number of amides is 1. The van der Waals surface area contributed by atoms with Gasteiger partial charge in [-0.2, -0.15) is 0 Å². The van der Waals surface area contributed by atoms with Crippen molar-refractivity contribution < 1.29 is 23.7 Å². The quantitative estimate of drug-likeness (QED) is 0.752. The number of hydrogen-bond donors (Lipinski definition) is 0. The Kier molecular flexibility index (Phi) is 6.01. The van der Waals surface area contributed by atoms with Crippen LogP contribution >= 0.6 is 11.8 Å². The summed E-state index contributed by atoms with van der Waals surface area (Å²) in [6.07, 6.45) is 0. The lowest BCUT2D eigenvalue weighted by Crippen LogP contribution is -2.31. The second-order valence-electron chi connectivity index (χ2n) is 5.90. The number of carbonyl (C=O) groups excluding carboxylic acids is 1. The maximum Gasteiger partial charge on any atom is 0.258 e. The highest BCUT2D eigenvalue weighted by molar-refractivity contribution is 7.99. The third-order valence-corrected chi connectivity index (χ3v) is 5.74. The highest BCUT2D eigenvalue weighted by atomic mass is 32.2. The second-order valence-corrected chi connectivity index (χ2v) is 7.08. The summed E-state index contributed by atoms with van der Waals surface area (Å²) in [5, 5.41) is -0.134. The molecule has 0 spiro atoms. The van der Waals surface area contributed by atoms with E-state index < -0.39 is 0 Å². The van der Waals surface area contributed by atoms with Crippen LogP contribution in [0.5, 0.6) is 23.0 Å². The number of ether oxygens (including phenoxy) is 4. The largest absolute Gasteiger partial charge is 0.497 e. The number of benzene rings is 2. The van der Waals surface area contributed by atoms with Crippen molar-refractivity contribution in [2.45, 2.75) is 5.37 Å². The average molecular weight is 389 g/mol. The first-order valence-corrected chi connectivity index (χ1v) is 9.54. The van der Waals surface area contributed by atoms with Crippen LogP contribution in [0.1, 0.15) is 21.3 Å². The summed E-state index contributed by atoms with van der Waals surface area (Å²) in [4.78, 5) is 15.1. The van der Waals surface area contributed by atoms with E-state index in [0.717, 1.165) is 11.3 Å². The minimum absolute atomic E-state index is 0.0811. The van der Waals surface area contributed by atoms with E-state index >= 15 is 0 Å². The molecule has 1 saturated heterocycles. The molecular formula is C20H23NO5S. The molecule has 1 fully saturated rings. The number of hydrogen-bond acceptors (Lipinski definition) is 6. The van der Waals surface area contributed by atoms with Gasteiger partial charge in [-0.1, -0.05) is 0 Å². The topological polar surface area (TPSA) is 57.2 Å². The molecule has 1 heterocycles. The van der Waals surface area contributed by atoms with Gasteiger partial charge in [0, 0.05) is 30.0 Å². The van der Waals surface area contributed by atoms with Crippen LogP contribution < -0.4 is 18.9 Å².